The van der Waals surface area contributed by atoms with Crippen LogP contribution in [0.2, 0.25) is 0 Å². The van der Waals surface area contributed by atoms with Crippen molar-refractivity contribution in [3.63, 3.8) is 0 Å². The second-order valence-electron chi connectivity index (χ2n) is 4.56. The van der Waals surface area contributed by atoms with Gasteiger partial charge < -0.3 is 5.32 Å². The highest BCUT2D eigenvalue weighted by Gasteiger charge is 2.21. The Labute approximate surface area is 116 Å². The van der Waals surface area contributed by atoms with E-state index in [9.17, 15) is 8.42 Å². The van der Waals surface area contributed by atoms with Crippen LogP contribution in [0.4, 0.5) is 0 Å². The lowest BCUT2D eigenvalue weighted by Gasteiger charge is -2.09. The average molecular weight is 333 g/mol. The summed E-state index contributed by atoms with van der Waals surface area (Å²) >= 11 is 3.29. The lowest BCUT2D eigenvalue weighted by molar-refractivity contribution is 0.575. The lowest BCUT2D eigenvalue weighted by Crippen LogP contribution is -2.32. The van der Waals surface area contributed by atoms with Crippen LogP contribution in [-0.4, -0.2) is 27.5 Å². The third-order valence-electron chi connectivity index (χ3n) is 2.80. The number of hydrogen-bond donors (Lipinski definition) is 2. The minimum atomic E-state index is -3.42. The molecule has 0 unspecified atom stereocenters. The molecule has 4 nitrogen and oxygen atoms in total. The highest BCUT2D eigenvalue weighted by Crippen LogP contribution is 2.22. The molecule has 1 aromatic carbocycles. The molecule has 1 saturated carbocycles. The van der Waals surface area contributed by atoms with Crippen molar-refractivity contribution in [2.75, 3.05) is 13.1 Å². The summed E-state index contributed by atoms with van der Waals surface area (Å²) < 4.78 is 27.3. The van der Waals surface area contributed by atoms with E-state index in [0.29, 0.717) is 28.5 Å². The third kappa shape index (κ3) is 3.78. The van der Waals surface area contributed by atoms with Gasteiger partial charge in [0.15, 0.2) is 0 Å². The molecule has 0 saturated heterocycles. The van der Waals surface area contributed by atoms with E-state index in [-0.39, 0.29) is 0 Å². The standard InChI is InChI=1S/C12H17BrN2O2S/c1-9-2-5-12(11(13)8-9)18(16,17)15-7-6-14-10-3-4-10/h2,5,8,10,14-15H,3-4,6-7H2,1H3. The molecular weight excluding hydrogens is 316 g/mol. The Kier molecular flexibility index (Phi) is 4.42. The number of aryl methyl sites for hydroxylation is 1. The van der Waals surface area contributed by atoms with Gasteiger partial charge in [-0.15, -0.1) is 0 Å². The fraction of sp³-hybridized carbons (Fsp3) is 0.500. The molecule has 0 heterocycles. The number of hydrogen-bond acceptors (Lipinski definition) is 3. The van der Waals surface area contributed by atoms with Crippen molar-refractivity contribution in [3.05, 3.63) is 28.2 Å². The molecule has 0 bridgehead atoms. The van der Waals surface area contributed by atoms with Crippen LogP contribution in [-0.2, 0) is 10.0 Å². The Hall–Kier alpha value is -0.430. The maximum atomic E-state index is 12.1. The molecule has 0 spiro atoms. The predicted octanol–water partition coefficient (Wildman–Crippen LogP) is 1.79. The zero-order valence-electron chi connectivity index (χ0n) is 10.2. The van der Waals surface area contributed by atoms with Crippen molar-refractivity contribution >= 4 is 26.0 Å². The Bertz CT molecular complexity index is 527. The van der Waals surface area contributed by atoms with Crippen molar-refractivity contribution in [3.8, 4) is 0 Å². The van der Waals surface area contributed by atoms with Gasteiger partial charge in [-0.3, -0.25) is 0 Å². The van der Waals surface area contributed by atoms with E-state index < -0.39 is 10.0 Å². The Morgan fingerprint density at radius 3 is 2.67 bits per heavy atom. The van der Waals surface area contributed by atoms with E-state index in [4.69, 9.17) is 0 Å². The molecule has 1 aliphatic rings. The van der Waals surface area contributed by atoms with Gasteiger partial charge in [0.05, 0.1) is 4.90 Å². The fourth-order valence-electron chi connectivity index (χ4n) is 1.65. The molecule has 2 rings (SSSR count). The smallest absolute Gasteiger partial charge is 0.241 e. The highest BCUT2D eigenvalue weighted by molar-refractivity contribution is 9.10. The van der Waals surface area contributed by atoms with Crippen LogP contribution >= 0.6 is 15.9 Å². The first-order chi connectivity index (χ1) is 8.49. The van der Waals surface area contributed by atoms with Crippen LogP contribution in [0.1, 0.15) is 18.4 Å². The van der Waals surface area contributed by atoms with Crippen LogP contribution in [0.15, 0.2) is 27.6 Å². The minimum absolute atomic E-state index is 0.291. The van der Waals surface area contributed by atoms with Crippen molar-refractivity contribution in [2.24, 2.45) is 0 Å². The third-order valence-corrected chi connectivity index (χ3v) is 5.24. The van der Waals surface area contributed by atoms with Gasteiger partial charge in [-0.25, -0.2) is 13.1 Å². The highest BCUT2D eigenvalue weighted by atomic mass is 79.9. The van der Waals surface area contributed by atoms with Gasteiger partial charge in [0.1, 0.15) is 0 Å². The molecule has 0 radical (unpaired) electrons. The maximum absolute atomic E-state index is 12.1. The van der Waals surface area contributed by atoms with Gasteiger partial charge in [0.25, 0.3) is 0 Å². The largest absolute Gasteiger partial charge is 0.313 e. The minimum Gasteiger partial charge on any atom is -0.313 e. The Morgan fingerprint density at radius 1 is 1.33 bits per heavy atom. The van der Waals surface area contributed by atoms with Crippen molar-refractivity contribution in [1.82, 2.24) is 10.0 Å². The molecule has 2 N–H and O–H groups in total. The summed E-state index contributed by atoms with van der Waals surface area (Å²) in [4.78, 5) is 0.291. The molecule has 0 amide bonds. The summed E-state index contributed by atoms with van der Waals surface area (Å²) in [5, 5.41) is 3.27. The van der Waals surface area contributed by atoms with Gasteiger partial charge >= 0.3 is 0 Å². The lowest BCUT2D eigenvalue weighted by atomic mass is 10.2. The van der Waals surface area contributed by atoms with Gasteiger partial charge in [0, 0.05) is 23.6 Å². The molecule has 0 atom stereocenters. The van der Waals surface area contributed by atoms with Gasteiger partial charge in [-0.1, -0.05) is 6.07 Å². The molecule has 6 heteroatoms. The van der Waals surface area contributed by atoms with Crippen molar-refractivity contribution in [2.45, 2.75) is 30.7 Å². The molecule has 0 aromatic heterocycles. The average Bonchev–Trinajstić information content (AvgIpc) is 3.07. The Balaban J connectivity index is 1.95. The number of benzene rings is 1. The van der Waals surface area contributed by atoms with Crippen LogP contribution in [0.25, 0.3) is 0 Å². The van der Waals surface area contributed by atoms with E-state index in [2.05, 4.69) is 26.0 Å². The first kappa shape index (κ1) is 14.0. The quantitative estimate of drug-likeness (QED) is 0.781. The summed E-state index contributed by atoms with van der Waals surface area (Å²) in [5.41, 5.74) is 1.02. The number of halogens is 1. The molecular formula is C12H17BrN2O2S. The van der Waals surface area contributed by atoms with Gasteiger partial charge in [-0.2, -0.15) is 0 Å². The normalized spacial score (nSPS) is 15.9. The fourth-order valence-corrected chi connectivity index (χ4v) is 3.87. The molecule has 1 aromatic rings. The second kappa shape index (κ2) is 5.69. The first-order valence-electron chi connectivity index (χ1n) is 5.98. The van der Waals surface area contributed by atoms with E-state index in [1.165, 1.54) is 12.8 Å². The van der Waals surface area contributed by atoms with Crippen LogP contribution in [0.5, 0.6) is 0 Å². The van der Waals surface area contributed by atoms with E-state index in [1.54, 1.807) is 18.2 Å². The summed E-state index contributed by atoms with van der Waals surface area (Å²) in [6.07, 6.45) is 2.41. The van der Waals surface area contributed by atoms with Crippen molar-refractivity contribution < 1.29 is 8.42 Å². The predicted molar refractivity (Wildman–Crippen MR) is 75.1 cm³/mol. The maximum Gasteiger partial charge on any atom is 0.241 e. The van der Waals surface area contributed by atoms with E-state index in [1.807, 2.05) is 6.92 Å². The summed E-state index contributed by atoms with van der Waals surface area (Å²) in [6, 6.07) is 5.81. The first-order valence-corrected chi connectivity index (χ1v) is 8.26. The summed E-state index contributed by atoms with van der Waals surface area (Å²) in [6.45, 7) is 3.01. The topological polar surface area (TPSA) is 58.2 Å². The SMILES string of the molecule is Cc1ccc(S(=O)(=O)NCCNC2CC2)c(Br)c1. The van der Waals surface area contributed by atoms with Crippen LogP contribution < -0.4 is 10.0 Å². The van der Waals surface area contributed by atoms with Crippen molar-refractivity contribution in [1.29, 1.82) is 0 Å². The number of rotatable bonds is 6. The zero-order chi connectivity index (χ0) is 13.2. The molecule has 18 heavy (non-hydrogen) atoms. The van der Waals surface area contributed by atoms with Gasteiger partial charge in [-0.05, 0) is 53.4 Å². The summed E-state index contributed by atoms with van der Waals surface area (Å²) in [5.74, 6) is 0. The zero-order valence-corrected chi connectivity index (χ0v) is 12.6. The second-order valence-corrected chi connectivity index (χ2v) is 7.15. The van der Waals surface area contributed by atoms with E-state index in [0.717, 1.165) is 5.56 Å². The number of nitrogens with one attached hydrogen (secondary N) is 2. The van der Waals surface area contributed by atoms with Crippen LogP contribution in [0, 0.1) is 6.92 Å². The van der Waals surface area contributed by atoms with E-state index >= 15 is 0 Å². The molecule has 0 aliphatic heterocycles. The Morgan fingerprint density at radius 2 is 2.06 bits per heavy atom. The molecule has 1 aliphatic carbocycles. The van der Waals surface area contributed by atoms with Crippen LogP contribution in [0.3, 0.4) is 0 Å². The molecule has 1 fully saturated rings. The number of sulfonamides is 1. The summed E-state index contributed by atoms with van der Waals surface area (Å²) in [7, 11) is -3.42. The van der Waals surface area contributed by atoms with Gasteiger partial charge in [0.2, 0.25) is 10.0 Å². The molecule has 100 valence electrons. The monoisotopic (exact) mass is 332 g/mol.